The first-order chi connectivity index (χ1) is 15.3. The fourth-order valence-corrected chi connectivity index (χ4v) is 3.61. The lowest BCUT2D eigenvalue weighted by atomic mass is 10.1. The molecule has 0 unspecified atom stereocenters. The van der Waals surface area contributed by atoms with Crippen molar-refractivity contribution >= 4 is 21.6 Å². The Morgan fingerprint density at radius 2 is 1.76 bits per heavy atom. The first kappa shape index (κ1) is 28.3. The first-order valence-electron chi connectivity index (χ1n) is 10.1. The molecule has 1 aromatic carbocycles. The zero-order valence-electron chi connectivity index (χ0n) is 18.8. The second-order valence-electron chi connectivity index (χ2n) is 6.65. The van der Waals surface area contributed by atoms with E-state index < -0.39 is 11.7 Å². The largest absolute Gasteiger partial charge is 0.417 e. The Labute approximate surface area is 197 Å². The summed E-state index contributed by atoms with van der Waals surface area (Å²) < 4.78 is 45.8. The minimum atomic E-state index is -4.38. The molecule has 3 heterocycles. The fourth-order valence-electron chi connectivity index (χ4n) is 2.75. The fraction of sp³-hybridized carbons (Fsp3) is 0.375. The van der Waals surface area contributed by atoms with E-state index in [0.717, 1.165) is 40.6 Å². The van der Waals surface area contributed by atoms with Crippen molar-refractivity contribution in [3.8, 4) is 11.1 Å². The Bertz CT molecular complexity index is 1120. The number of hydrogen-bond donors (Lipinski definition) is 0. The molecule has 3 aromatic heterocycles. The van der Waals surface area contributed by atoms with Crippen LogP contribution in [0.5, 0.6) is 0 Å². The second-order valence-corrected chi connectivity index (χ2v) is 7.88. The number of benzene rings is 1. The van der Waals surface area contributed by atoms with Crippen LogP contribution in [-0.2, 0) is 17.5 Å². The van der Waals surface area contributed by atoms with Crippen molar-refractivity contribution in [3.05, 3.63) is 65.2 Å². The van der Waals surface area contributed by atoms with Crippen LogP contribution in [0.4, 0.5) is 13.2 Å². The Hall–Kier alpha value is -2.78. The van der Waals surface area contributed by atoms with E-state index in [-0.39, 0.29) is 7.43 Å². The van der Waals surface area contributed by atoms with Gasteiger partial charge in [0.25, 0.3) is 0 Å². The molecule has 0 amide bonds. The van der Waals surface area contributed by atoms with E-state index >= 15 is 0 Å². The number of methoxy groups -OCH3 is 1. The summed E-state index contributed by atoms with van der Waals surface area (Å²) in [5.74, 6) is 0. The maximum Gasteiger partial charge on any atom is 0.417 e. The van der Waals surface area contributed by atoms with E-state index in [1.165, 1.54) is 23.1 Å². The minimum absolute atomic E-state index is 0. The van der Waals surface area contributed by atoms with Gasteiger partial charge < -0.3 is 4.74 Å². The van der Waals surface area contributed by atoms with Gasteiger partial charge in [0, 0.05) is 31.3 Å². The summed E-state index contributed by atoms with van der Waals surface area (Å²) in [5, 5.41) is 5.02. The summed E-state index contributed by atoms with van der Waals surface area (Å²) in [6, 6.07) is 6.53. The van der Waals surface area contributed by atoms with Crippen molar-refractivity contribution in [2.45, 2.75) is 47.8 Å². The molecular formula is C24H31F3N4OS. The number of aromatic nitrogens is 4. The van der Waals surface area contributed by atoms with Gasteiger partial charge in [-0.25, -0.2) is 4.98 Å². The zero-order valence-corrected chi connectivity index (χ0v) is 19.6. The van der Waals surface area contributed by atoms with Crippen LogP contribution in [0.2, 0.25) is 0 Å². The summed E-state index contributed by atoms with van der Waals surface area (Å²) in [7, 11) is 1.69. The zero-order chi connectivity index (χ0) is 23.7. The summed E-state index contributed by atoms with van der Waals surface area (Å²) in [5.41, 5.74) is 2.47. The standard InChI is InChI=1S/C14H9F3N2S.C7H12N2O.C2H6.CH4/c1-8-19-12-3-2-9(5-13(12)20-8)10-4-11(7-18-6-10)14(15,16)17;1-7-5-8-9(6-7)3-4-10-2;1-2;/h2-7H,1H3;5-6H,3-4H2,1-2H3;1-2H3;1H4. The molecule has 0 aliphatic rings. The molecule has 0 aliphatic heterocycles. The number of nitrogens with zero attached hydrogens (tertiary/aromatic N) is 4. The van der Waals surface area contributed by atoms with Gasteiger partial charge in [-0.3, -0.25) is 9.67 Å². The van der Waals surface area contributed by atoms with Crippen molar-refractivity contribution in [2.75, 3.05) is 13.7 Å². The van der Waals surface area contributed by atoms with Gasteiger partial charge in [-0.15, -0.1) is 11.3 Å². The van der Waals surface area contributed by atoms with Crippen molar-refractivity contribution in [1.82, 2.24) is 19.7 Å². The van der Waals surface area contributed by atoms with Gasteiger partial charge >= 0.3 is 6.18 Å². The smallest absolute Gasteiger partial charge is 0.383 e. The highest BCUT2D eigenvalue weighted by molar-refractivity contribution is 7.18. The molecule has 0 radical (unpaired) electrons. The van der Waals surface area contributed by atoms with Crippen LogP contribution in [0.3, 0.4) is 0 Å². The molecule has 0 fully saturated rings. The van der Waals surface area contributed by atoms with Crippen molar-refractivity contribution in [2.24, 2.45) is 0 Å². The lowest BCUT2D eigenvalue weighted by Gasteiger charge is -2.08. The van der Waals surface area contributed by atoms with E-state index in [2.05, 4.69) is 15.1 Å². The van der Waals surface area contributed by atoms with E-state index in [9.17, 15) is 13.2 Å². The molecule has 4 aromatic rings. The van der Waals surface area contributed by atoms with Gasteiger partial charge in [-0.05, 0) is 43.2 Å². The number of fused-ring (bicyclic) bond motifs is 1. The van der Waals surface area contributed by atoms with Crippen LogP contribution in [0.25, 0.3) is 21.3 Å². The summed E-state index contributed by atoms with van der Waals surface area (Å²) in [4.78, 5) is 8.01. The number of aryl methyl sites for hydroxylation is 2. The molecule has 0 N–H and O–H groups in total. The third kappa shape index (κ3) is 8.25. The predicted octanol–water partition coefficient (Wildman–Crippen LogP) is 7.19. The van der Waals surface area contributed by atoms with Gasteiger partial charge in [0.1, 0.15) is 0 Å². The van der Waals surface area contributed by atoms with E-state index in [4.69, 9.17) is 4.74 Å². The molecule has 0 spiro atoms. The Morgan fingerprint density at radius 1 is 1.03 bits per heavy atom. The second kappa shape index (κ2) is 13.1. The summed E-state index contributed by atoms with van der Waals surface area (Å²) in [6.45, 7) is 9.48. The van der Waals surface area contributed by atoms with Crippen LogP contribution in [0, 0.1) is 13.8 Å². The molecule has 0 atom stereocenters. The van der Waals surface area contributed by atoms with E-state index in [0.29, 0.717) is 11.1 Å². The lowest BCUT2D eigenvalue weighted by molar-refractivity contribution is -0.137. The predicted molar refractivity (Wildman–Crippen MR) is 130 cm³/mol. The number of thiazole rings is 1. The molecule has 0 aliphatic carbocycles. The normalized spacial score (nSPS) is 10.5. The van der Waals surface area contributed by atoms with Crippen molar-refractivity contribution < 1.29 is 17.9 Å². The molecule has 0 saturated carbocycles. The van der Waals surface area contributed by atoms with Crippen LogP contribution >= 0.6 is 11.3 Å². The summed E-state index contributed by atoms with van der Waals surface area (Å²) >= 11 is 1.52. The maximum absolute atomic E-state index is 12.7. The van der Waals surface area contributed by atoms with Gasteiger partial charge in [-0.1, -0.05) is 27.3 Å². The van der Waals surface area contributed by atoms with Gasteiger partial charge in [0.2, 0.25) is 0 Å². The molecule has 180 valence electrons. The lowest BCUT2D eigenvalue weighted by Crippen LogP contribution is -2.05. The number of pyridine rings is 1. The molecule has 4 rings (SSSR count). The molecule has 9 heteroatoms. The number of hydrogen-bond acceptors (Lipinski definition) is 5. The first-order valence-corrected chi connectivity index (χ1v) is 11.0. The Morgan fingerprint density at radius 3 is 2.36 bits per heavy atom. The Kier molecular flexibility index (Phi) is 11.2. The number of halogens is 3. The Balaban J connectivity index is 0.000000356. The number of rotatable bonds is 4. The van der Waals surface area contributed by atoms with Gasteiger partial charge in [0.15, 0.2) is 0 Å². The highest BCUT2D eigenvalue weighted by Crippen LogP contribution is 2.33. The number of ether oxygens (including phenoxy) is 1. The average Bonchev–Trinajstić information content (AvgIpc) is 3.37. The quantitative estimate of drug-likeness (QED) is 0.310. The molecular weight excluding hydrogens is 449 g/mol. The summed E-state index contributed by atoms with van der Waals surface area (Å²) in [6.07, 6.45) is 1.73. The van der Waals surface area contributed by atoms with Crippen molar-refractivity contribution in [3.63, 3.8) is 0 Å². The SMILES string of the molecule is C.CC.COCCn1cc(C)cn1.Cc1nc2ccc(-c3cncc(C(F)(F)F)c3)cc2s1. The highest BCUT2D eigenvalue weighted by atomic mass is 32.1. The van der Waals surface area contributed by atoms with Gasteiger partial charge in [0.05, 0.1) is 40.1 Å². The molecule has 0 bridgehead atoms. The molecule has 0 saturated heterocycles. The third-order valence-corrected chi connectivity index (χ3v) is 5.11. The van der Waals surface area contributed by atoms with Crippen LogP contribution in [-0.4, -0.2) is 33.5 Å². The van der Waals surface area contributed by atoms with Crippen LogP contribution in [0.1, 0.15) is 37.4 Å². The van der Waals surface area contributed by atoms with Crippen LogP contribution < -0.4 is 0 Å². The maximum atomic E-state index is 12.7. The monoisotopic (exact) mass is 480 g/mol. The van der Waals surface area contributed by atoms with E-state index in [1.54, 1.807) is 13.2 Å². The molecule has 33 heavy (non-hydrogen) atoms. The average molecular weight is 481 g/mol. The van der Waals surface area contributed by atoms with Crippen molar-refractivity contribution in [1.29, 1.82) is 0 Å². The van der Waals surface area contributed by atoms with Crippen LogP contribution in [0.15, 0.2) is 49.1 Å². The minimum Gasteiger partial charge on any atom is -0.383 e. The van der Waals surface area contributed by atoms with Gasteiger partial charge in [-0.2, -0.15) is 18.3 Å². The van der Waals surface area contributed by atoms with E-state index in [1.807, 2.05) is 56.9 Å². The third-order valence-electron chi connectivity index (χ3n) is 4.18. The highest BCUT2D eigenvalue weighted by Gasteiger charge is 2.31. The number of alkyl halides is 3. The molecule has 5 nitrogen and oxygen atoms in total. The topological polar surface area (TPSA) is 52.8 Å².